The van der Waals surface area contributed by atoms with E-state index in [1.165, 1.54) is 0 Å². The molecule has 9 heavy (non-hydrogen) atoms. The molecule has 0 aliphatic rings. The van der Waals surface area contributed by atoms with Crippen molar-refractivity contribution in [3.05, 3.63) is 0 Å². The predicted molar refractivity (Wildman–Crippen MR) is 20.3 cm³/mol. The van der Waals surface area contributed by atoms with E-state index in [0.29, 0.717) is 0 Å². The molecule has 0 aliphatic carbocycles. The molecule has 8 nitrogen and oxygen atoms in total. The molecule has 0 heterocycles. The summed E-state index contributed by atoms with van der Waals surface area (Å²) in [4.78, 5) is 0. The summed E-state index contributed by atoms with van der Waals surface area (Å²) in [5.74, 6) is 0. The van der Waals surface area contributed by atoms with Crippen LogP contribution in [-0.2, 0) is 21.2 Å². The SMILES string of the molecule is O.O.O.O.[O]=[Cr](=[O])([OH])[OH]. The summed E-state index contributed by atoms with van der Waals surface area (Å²) in [5.41, 5.74) is 0. The van der Waals surface area contributed by atoms with Crippen molar-refractivity contribution in [2.24, 2.45) is 0 Å². The van der Waals surface area contributed by atoms with E-state index >= 15 is 0 Å². The standard InChI is InChI=1S/Cr.6H2O.2O/h;6*1H2;;/q+2;;;;;;;;/p-2. The first-order valence-corrected chi connectivity index (χ1v) is 2.88. The molecule has 0 saturated carbocycles. The molecule has 0 aromatic rings. The average Bonchev–Trinajstić information content (AvgIpc) is 0.722. The van der Waals surface area contributed by atoms with Crippen molar-refractivity contribution < 1.29 is 51.4 Å². The van der Waals surface area contributed by atoms with Gasteiger partial charge in [-0.25, -0.2) is 0 Å². The number of rotatable bonds is 0. The van der Waals surface area contributed by atoms with Crippen LogP contribution in [0.25, 0.3) is 0 Å². The summed E-state index contributed by atoms with van der Waals surface area (Å²) >= 11 is -5.25. The summed E-state index contributed by atoms with van der Waals surface area (Å²) < 4.78 is 31.9. The molecule has 0 atom stereocenters. The zero-order valence-electron chi connectivity index (χ0n) is 4.12. The van der Waals surface area contributed by atoms with Crippen LogP contribution in [0.2, 0.25) is 0 Å². The molecule has 0 aliphatic heterocycles. The molecule has 0 bridgehead atoms. The Hall–Kier alpha value is -0.108. The first-order chi connectivity index (χ1) is 2.00. The normalized spacial score (nSPS) is 6.44. The average molecular weight is 190 g/mol. The van der Waals surface area contributed by atoms with Crippen LogP contribution in [0.15, 0.2) is 0 Å². The summed E-state index contributed by atoms with van der Waals surface area (Å²) in [6.07, 6.45) is 0. The van der Waals surface area contributed by atoms with Gasteiger partial charge in [0.25, 0.3) is 0 Å². The second-order valence-corrected chi connectivity index (χ2v) is 1.85. The van der Waals surface area contributed by atoms with Crippen molar-refractivity contribution in [2.45, 2.75) is 0 Å². The summed E-state index contributed by atoms with van der Waals surface area (Å²) in [6, 6.07) is 0. The second kappa shape index (κ2) is 10.8. The van der Waals surface area contributed by atoms with E-state index in [-0.39, 0.29) is 21.9 Å². The summed E-state index contributed by atoms with van der Waals surface area (Å²) in [6.45, 7) is 0. The van der Waals surface area contributed by atoms with Crippen molar-refractivity contribution >= 4 is 0 Å². The van der Waals surface area contributed by atoms with Crippen LogP contribution < -0.4 is 0 Å². The summed E-state index contributed by atoms with van der Waals surface area (Å²) in [7, 11) is 0. The van der Waals surface area contributed by atoms with Gasteiger partial charge in [-0.3, -0.25) is 0 Å². The van der Waals surface area contributed by atoms with E-state index in [4.69, 9.17) is 15.9 Å². The molecule has 0 radical (unpaired) electrons. The Balaban J connectivity index is -0.0000000133. The Bertz CT molecular complexity index is 87.7. The van der Waals surface area contributed by atoms with E-state index in [2.05, 4.69) is 0 Å². The molecule has 0 aromatic heterocycles. The van der Waals surface area contributed by atoms with Crippen molar-refractivity contribution in [3.8, 4) is 0 Å². The maximum absolute atomic E-state index is 8.82. The van der Waals surface area contributed by atoms with Crippen LogP contribution in [-0.4, -0.2) is 30.2 Å². The van der Waals surface area contributed by atoms with Crippen LogP contribution >= 0.6 is 0 Å². The van der Waals surface area contributed by atoms with Crippen LogP contribution in [0.4, 0.5) is 0 Å². The van der Waals surface area contributed by atoms with Gasteiger partial charge in [-0.2, -0.15) is 0 Å². The Kier molecular flexibility index (Phi) is 43.9. The predicted octanol–water partition coefficient (Wildman–Crippen LogP) is -4.65. The Morgan fingerprint density at radius 2 is 0.778 bits per heavy atom. The van der Waals surface area contributed by atoms with E-state index in [1.54, 1.807) is 0 Å². The van der Waals surface area contributed by atoms with Gasteiger partial charge in [-0.1, -0.05) is 0 Å². The molecule has 0 fully saturated rings. The topological polar surface area (TPSA) is 201 Å². The van der Waals surface area contributed by atoms with Gasteiger partial charge < -0.3 is 21.9 Å². The van der Waals surface area contributed by atoms with Gasteiger partial charge in [0, 0.05) is 0 Å². The van der Waals surface area contributed by atoms with Gasteiger partial charge in [-0.05, 0) is 0 Å². The molecule has 9 heteroatoms. The van der Waals surface area contributed by atoms with Gasteiger partial charge >= 0.3 is 29.5 Å². The Labute approximate surface area is 52.4 Å². The second-order valence-electron chi connectivity index (χ2n) is 0.448. The van der Waals surface area contributed by atoms with Gasteiger partial charge in [0.15, 0.2) is 0 Å². The van der Waals surface area contributed by atoms with Crippen molar-refractivity contribution in [2.75, 3.05) is 0 Å². The molecule has 0 amide bonds. The maximum atomic E-state index is 8.82. The molecule has 64 valence electrons. The first-order valence-electron chi connectivity index (χ1n) is 0.698. The quantitative estimate of drug-likeness (QED) is 0.386. The fourth-order valence-corrected chi connectivity index (χ4v) is 0. The molecule has 0 spiro atoms. The first kappa shape index (κ1) is 36.6. The minimum absolute atomic E-state index is 0. The molecule has 10 N–H and O–H groups in total. The minimum atomic E-state index is -5.25. The molecule has 0 unspecified atom stereocenters. The third kappa shape index (κ3) is 23700. The zero-order valence-corrected chi connectivity index (χ0v) is 5.39. The third-order valence-corrected chi connectivity index (χ3v) is 0. The molecule has 0 rings (SSSR count). The van der Waals surface area contributed by atoms with Crippen molar-refractivity contribution in [3.63, 3.8) is 0 Å². The Morgan fingerprint density at radius 3 is 0.778 bits per heavy atom. The van der Waals surface area contributed by atoms with E-state index in [9.17, 15) is 0 Å². The van der Waals surface area contributed by atoms with E-state index in [1.807, 2.05) is 0 Å². The van der Waals surface area contributed by atoms with Crippen LogP contribution in [0.3, 0.4) is 0 Å². The van der Waals surface area contributed by atoms with Gasteiger partial charge in [0.2, 0.25) is 0 Å². The zero-order chi connectivity index (χ0) is 4.50. The fraction of sp³-hybridized carbons (Fsp3) is 0. The fourth-order valence-electron chi connectivity index (χ4n) is 0. The van der Waals surface area contributed by atoms with Crippen LogP contribution in [0, 0.1) is 0 Å². The third-order valence-electron chi connectivity index (χ3n) is 0. The number of hydrogen-bond acceptors (Lipinski definition) is 2. The van der Waals surface area contributed by atoms with Gasteiger partial charge in [0.1, 0.15) is 0 Å². The van der Waals surface area contributed by atoms with Crippen LogP contribution in [0.5, 0.6) is 0 Å². The van der Waals surface area contributed by atoms with E-state index in [0.717, 1.165) is 0 Å². The van der Waals surface area contributed by atoms with E-state index < -0.39 is 13.6 Å². The Morgan fingerprint density at radius 1 is 0.778 bits per heavy atom. The van der Waals surface area contributed by atoms with Crippen molar-refractivity contribution in [1.29, 1.82) is 0 Å². The van der Waals surface area contributed by atoms with Gasteiger partial charge in [0.05, 0.1) is 0 Å². The number of hydrogen-bond donors (Lipinski definition) is 2. The molecule has 0 aromatic carbocycles. The van der Waals surface area contributed by atoms with Crippen LogP contribution in [0.1, 0.15) is 0 Å². The van der Waals surface area contributed by atoms with Crippen molar-refractivity contribution in [1.82, 2.24) is 0 Å². The summed E-state index contributed by atoms with van der Waals surface area (Å²) in [5, 5.41) is 0. The van der Waals surface area contributed by atoms with Gasteiger partial charge in [-0.15, -0.1) is 0 Å². The molecular formula is H10CrO8. The molecular weight excluding hydrogens is 180 g/mol. The molecule has 0 saturated heterocycles. The monoisotopic (exact) mass is 190 g/mol.